The lowest BCUT2D eigenvalue weighted by Gasteiger charge is -2.20. The normalized spacial score (nSPS) is 14.7. The van der Waals surface area contributed by atoms with Gasteiger partial charge >= 0.3 is 19.8 Å². The zero-order valence-corrected chi connectivity index (χ0v) is 40.3. The van der Waals surface area contributed by atoms with Crippen LogP contribution in [0.1, 0.15) is 207 Å². The number of hydrogen-bond acceptors (Lipinski definition) is 10. The fraction of sp³-hybridized carbons (Fsp3) is 0.800. The van der Waals surface area contributed by atoms with E-state index < -0.39 is 57.9 Å². The van der Waals surface area contributed by atoms with E-state index in [1.165, 1.54) is 116 Å². The van der Waals surface area contributed by atoms with Crippen LogP contribution in [0.2, 0.25) is 0 Å². The van der Waals surface area contributed by atoms with Gasteiger partial charge in [-0.15, -0.1) is 0 Å². The summed E-state index contributed by atoms with van der Waals surface area (Å²) in [5.74, 6) is -0.185. The van der Waals surface area contributed by atoms with Crippen LogP contribution in [-0.4, -0.2) is 76.9 Å². The molecular formula is C50H91O11P. The lowest BCUT2D eigenvalue weighted by atomic mass is 10.0. The first kappa shape index (κ1) is 59.9. The maximum Gasteiger partial charge on any atom is 0.472 e. The monoisotopic (exact) mass is 899 g/mol. The van der Waals surface area contributed by atoms with E-state index in [1.807, 2.05) is 36.5 Å². The molecule has 0 bridgehead atoms. The van der Waals surface area contributed by atoms with Crippen molar-refractivity contribution < 1.29 is 52.9 Å². The van der Waals surface area contributed by atoms with Crippen LogP contribution in [0.15, 0.2) is 48.6 Å². The standard InChI is InChI=1S/C50H91O11P/c1-4-5-6-7-27-32-37-46(52)38-33-28-23-20-21-25-30-35-40-50(55)61-48(44-60-62(56,57)59-42-47(53)41-51)43-58-49(54)39-34-29-24-19-17-15-13-11-9-8-10-12-14-16-18-22-26-31-36-45(2)3/h21,23,25,27-28,32-33,38,45-48,51-53H,4-20,22,24,26,29-31,34-37,39-44H2,1-3H3,(H,56,57)/b25-21-,28-23-,32-27-,38-33+/t46-,47-,48+/m0/s1. The van der Waals surface area contributed by atoms with Crippen LogP contribution in [0.5, 0.6) is 0 Å². The SMILES string of the molecule is CCCCC/C=C\C[C@H](O)/C=C/C=C\C/C=C\CCCC(=O)O[C@H](COC(=O)CCCCCCCCCCCCCCCCCCCCC(C)C)COP(=O)(O)OC[C@@H](O)CO. The third kappa shape index (κ3) is 44.5. The van der Waals surface area contributed by atoms with Crippen molar-refractivity contribution in [1.29, 1.82) is 0 Å². The second kappa shape index (κ2) is 44.1. The number of carbonyl (C=O) groups is 2. The lowest BCUT2D eigenvalue weighted by molar-refractivity contribution is -0.161. The first-order chi connectivity index (χ1) is 30.0. The van der Waals surface area contributed by atoms with Gasteiger partial charge in [0, 0.05) is 12.8 Å². The zero-order chi connectivity index (χ0) is 45.8. The molecule has 62 heavy (non-hydrogen) atoms. The molecule has 0 heterocycles. The average Bonchev–Trinajstić information content (AvgIpc) is 3.24. The van der Waals surface area contributed by atoms with Gasteiger partial charge in [-0.1, -0.05) is 198 Å². The topological polar surface area (TPSA) is 169 Å². The third-order valence-corrected chi connectivity index (χ3v) is 11.4. The number of aliphatic hydroxyl groups excluding tert-OH is 3. The van der Waals surface area contributed by atoms with Gasteiger partial charge in [-0.2, -0.15) is 0 Å². The molecule has 0 rings (SSSR count). The van der Waals surface area contributed by atoms with Gasteiger partial charge in [-0.05, 0) is 50.9 Å². The van der Waals surface area contributed by atoms with Crippen molar-refractivity contribution in [3.05, 3.63) is 48.6 Å². The summed E-state index contributed by atoms with van der Waals surface area (Å²) in [6, 6.07) is 0. The molecular weight excluding hydrogens is 808 g/mol. The number of unbranched alkanes of at least 4 members (excludes halogenated alkanes) is 21. The molecule has 4 atom stereocenters. The van der Waals surface area contributed by atoms with Gasteiger partial charge in [0.15, 0.2) is 6.10 Å². The van der Waals surface area contributed by atoms with Crippen molar-refractivity contribution in [2.75, 3.05) is 26.4 Å². The Bertz CT molecular complexity index is 1200. The number of ether oxygens (including phenoxy) is 2. The number of phosphoric ester groups is 1. The number of rotatable bonds is 45. The number of carbonyl (C=O) groups excluding carboxylic acids is 2. The highest BCUT2D eigenvalue weighted by Crippen LogP contribution is 2.43. The lowest BCUT2D eigenvalue weighted by Crippen LogP contribution is -2.29. The third-order valence-electron chi connectivity index (χ3n) is 10.5. The second-order valence-electron chi connectivity index (χ2n) is 17.2. The Hall–Kier alpha value is -2.11. The van der Waals surface area contributed by atoms with E-state index in [1.54, 1.807) is 6.08 Å². The van der Waals surface area contributed by atoms with E-state index in [-0.39, 0.29) is 19.4 Å². The fourth-order valence-corrected chi connectivity index (χ4v) is 7.46. The molecule has 0 radical (unpaired) electrons. The molecule has 362 valence electrons. The summed E-state index contributed by atoms with van der Waals surface area (Å²) >= 11 is 0. The average molecular weight is 899 g/mol. The summed E-state index contributed by atoms with van der Waals surface area (Å²) in [5, 5.41) is 28.4. The Balaban J connectivity index is 4.31. The Morgan fingerprint density at radius 1 is 0.597 bits per heavy atom. The van der Waals surface area contributed by atoms with E-state index in [4.69, 9.17) is 19.1 Å². The van der Waals surface area contributed by atoms with Crippen LogP contribution < -0.4 is 0 Å². The highest BCUT2D eigenvalue weighted by Gasteiger charge is 2.27. The molecule has 0 amide bonds. The van der Waals surface area contributed by atoms with E-state index in [2.05, 4.69) is 31.4 Å². The second-order valence-corrected chi connectivity index (χ2v) is 18.6. The van der Waals surface area contributed by atoms with Gasteiger partial charge in [0.25, 0.3) is 0 Å². The van der Waals surface area contributed by atoms with Crippen LogP contribution in [0, 0.1) is 5.92 Å². The van der Waals surface area contributed by atoms with Gasteiger partial charge in [-0.25, -0.2) is 4.57 Å². The van der Waals surface area contributed by atoms with Gasteiger partial charge in [0.05, 0.1) is 25.9 Å². The Morgan fingerprint density at radius 3 is 1.71 bits per heavy atom. The molecule has 0 saturated carbocycles. The minimum atomic E-state index is -4.65. The smallest absolute Gasteiger partial charge is 0.462 e. The Labute approximate surface area is 377 Å². The first-order valence-corrected chi connectivity index (χ1v) is 26.1. The Morgan fingerprint density at radius 2 is 1.13 bits per heavy atom. The molecule has 1 unspecified atom stereocenters. The van der Waals surface area contributed by atoms with Gasteiger partial charge < -0.3 is 29.7 Å². The molecule has 4 N–H and O–H groups in total. The summed E-state index contributed by atoms with van der Waals surface area (Å²) < 4.78 is 32.7. The Kier molecular flexibility index (Phi) is 42.6. The zero-order valence-electron chi connectivity index (χ0n) is 39.4. The molecule has 11 nitrogen and oxygen atoms in total. The number of allylic oxidation sites excluding steroid dienone is 6. The van der Waals surface area contributed by atoms with Crippen LogP contribution >= 0.6 is 7.82 Å². The summed E-state index contributed by atoms with van der Waals surface area (Å²) in [6.07, 6.45) is 44.0. The van der Waals surface area contributed by atoms with E-state index >= 15 is 0 Å². The number of esters is 2. The summed E-state index contributed by atoms with van der Waals surface area (Å²) in [7, 11) is -4.65. The molecule has 0 fully saturated rings. The molecule has 0 aliphatic rings. The maximum absolute atomic E-state index is 12.6. The maximum atomic E-state index is 12.6. The molecule has 0 aromatic heterocycles. The van der Waals surface area contributed by atoms with Gasteiger partial charge in [-0.3, -0.25) is 18.6 Å². The summed E-state index contributed by atoms with van der Waals surface area (Å²) in [6.45, 7) is 4.57. The molecule has 12 heteroatoms. The van der Waals surface area contributed by atoms with E-state index in [0.717, 1.165) is 31.6 Å². The molecule has 0 aliphatic carbocycles. The van der Waals surface area contributed by atoms with Crippen molar-refractivity contribution in [2.45, 2.75) is 225 Å². The molecule has 0 aromatic rings. The van der Waals surface area contributed by atoms with E-state index in [0.29, 0.717) is 32.1 Å². The van der Waals surface area contributed by atoms with Gasteiger partial charge in [0.2, 0.25) is 0 Å². The summed E-state index contributed by atoms with van der Waals surface area (Å²) in [4.78, 5) is 35.1. The number of aliphatic hydroxyl groups is 3. The molecule has 0 saturated heterocycles. The highest BCUT2D eigenvalue weighted by atomic mass is 31.2. The molecule has 0 aliphatic heterocycles. The van der Waals surface area contributed by atoms with E-state index in [9.17, 15) is 29.3 Å². The molecule has 0 spiro atoms. The van der Waals surface area contributed by atoms with Crippen LogP contribution in [0.25, 0.3) is 0 Å². The fourth-order valence-electron chi connectivity index (χ4n) is 6.67. The minimum Gasteiger partial charge on any atom is -0.462 e. The quantitative estimate of drug-likeness (QED) is 0.0151. The largest absolute Gasteiger partial charge is 0.472 e. The van der Waals surface area contributed by atoms with Crippen LogP contribution in [0.3, 0.4) is 0 Å². The molecule has 0 aromatic carbocycles. The predicted molar refractivity (Wildman–Crippen MR) is 253 cm³/mol. The van der Waals surface area contributed by atoms with Crippen molar-refractivity contribution in [3.63, 3.8) is 0 Å². The minimum absolute atomic E-state index is 0.0767. The van der Waals surface area contributed by atoms with Crippen LogP contribution in [0.4, 0.5) is 0 Å². The number of hydrogen-bond donors (Lipinski definition) is 4. The first-order valence-electron chi connectivity index (χ1n) is 24.6. The van der Waals surface area contributed by atoms with Crippen molar-refractivity contribution in [2.24, 2.45) is 5.92 Å². The van der Waals surface area contributed by atoms with Crippen molar-refractivity contribution in [3.8, 4) is 0 Å². The van der Waals surface area contributed by atoms with Crippen molar-refractivity contribution >= 4 is 19.8 Å². The van der Waals surface area contributed by atoms with Crippen LogP contribution in [-0.2, 0) is 32.7 Å². The highest BCUT2D eigenvalue weighted by molar-refractivity contribution is 7.47. The van der Waals surface area contributed by atoms with Gasteiger partial charge in [0.1, 0.15) is 12.7 Å². The summed E-state index contributed by atoms with van der Waals surface area (Å²) in [5.41, 5.74) is 0. The van der Waals surface area contributed by atoms with Crippen molar-refractivity contribution in [1.82, 2.24) is 0 Å². The number of phosphoric acid groups is 1. The predicted octanol–water partition coefficient (Wildman–Crippen LogP) is 12.5.